The van der Waals surface area contributed by atoms with Gasteiger partial charge in [-0.1, -0.05) is 18.2 Å². The molecule has 2 heterocycles. The lowest BCUT2D eigenvalue weighted by Gasteiger charge is -2.07. The van der Waals surface area contributed by atoms with Crippen LogP contribution in [0, 0.1) is 0 Å². The Morgan fingerprint density at radius 2 is 1.86 bits per heavy atom. The third-order valence-electron chi connectivity index (χ3n) is 3.83. The van der Waals surface area contributed by atoms with Crippen LogP contribution in [0.4, 0.5) is 0 Å². The zero-order chi connectivity index (χ0) is 14.2. The molecule has 1 saturated carbocycles. The van der Waals surface area contributed by atoms with Crippen LogP contribution < -0.4 is 5.69 Å². The summed E-state index contributed by atoms with van der Waals surface area (Å²) >= 11 is 0. The molecule has 1 saturated heterocycles. The molecule has 0 N–H and O–H groups in total. The molecule has 110 valence electrons. The number of ether oxygens (including phenoxy) is 2. The lowest BCUT2D eigenvalue weighted by atomic mass is 10.3. The average Bonchev–Trinajstić information content (AvgIpc) is 3.14. The second-order valence-corrected chi connectivity index (χ2v) is 5.44. The molecule has 0 radical (unpaired) electrons. The zero-order valence-corrected chi connectivity index (χ0v) is 11.6. The van der Waals surface area contributed by atoms with E-state index in [-0.39, 0.29) is 12.0 Å². The van der Waals surface area contributed by atoms with Gasteiger partial charge in [0.2, 0.25) is 0 Å². The van der Waals surface area contributed by atoms with Crippen LogP contribution in [0.15, 0.2) is 35.1 Å². The highest BCUT2D eigenvalue weighted by molar-refractivity contribution is 5.33. The standard InChI is InChI=1S/C15H17N3O3/c19-15-17(10-13-20-8-9-21-13)16-14(11-6-7-11)18(15)12-4-2-1-3-5-12/h1-5,11,13H,6-10H2. The van der Waals surface area contributed by atoms with E-state index >= 15 is 0 Å². The van der Waals surface area contributed by atoms with Gasteiger partial charge in [0.15, 0.2) is 6.29 Å². The van der Waals surface area contributed by atoms with Crippen molar-refractivity contribution in [3.05, 3.63) is 46.6 Å². The predicted molar refractivity (Wildman–Crippen MR) is 75.5 cm³/mol. The molecule has 2 aromatic rings. The number of hydrogen-bond donors (Lipinski definition) is 0. The first-order chi connectivity index (χ1) is 10.3. The maximum atomic E-state index is 12.7. The Balaban J connectivity index is 1.74. The minimum Gasteiger partial charge on any atom is -0.348 e. The Bertz CT molecular complexity index is 682. The maximum Gasteiger partial charge on any atom is 0.350 e. The molecule has 6 heteroatoms. The Morgan fingerprint density at radius 1 is 1.14 bits per heavy atom. The van der Waals surface area contributed by atoms with Crippen LogP contribution in [0.2, 0.25) is 0 Å². The van der Waals surface area contributed by atoms with Crippen LogP contribution in [0.3, 0.4) is 0 Å². The van der Waals surface area contributed by atoms with Gasteiger partial charge in [0, 0.05) is 5.92 Å². The van der Waals surface area contributed by atoms with Crippen LogP contribution in [0.1, 0.15) is 24.6 Å². The van der Waals surface area contributed by atoms with Crippen LogP contribution in [-0.4, -0.2) is 33.9 Å². The van der Waals surface area contributed by atoms with E-state index < -0.39 is 0 Å². The summed E-state index contributed by atoms with van der Waals surface area (Å²) < 4.78 is 14.0. The molecule has 0 unspecified atom stereocenters. The SMILES string of the molecule is O=c1n(CC2OCCO2)nc(C2CC2)n1-c1ccccc1. The molecule has 1 aliphatic carbocycles. The predicted octanol–water partition coefficient (Wildman–Crippen LogP) is 1.28. The molecule has 1 aliphatic heterocycles. The highest BCUT2D eigenvalue weighted by atomic mass is 16.7. The van der Waals surface area contributed by atoms with Gasteiger partial charge in [0.1, 0.15) is 5.82 Å². The molecule has 0 atom stereocenters. The maximum absolute atomic E-state index is 12.7. The molecular weight excluding hydrogens is 270 g/mol. The van der Waals surface area contributed by atoms with E-state index in [0.717, 1.165) is 24.4 Å². The fraction of sp³-hybridized carbons (Fsp3) is 0.467. The van der Waals surface area contributed by atoms with Gasteiger partial charge in [-0.2, -0.15) is 5.10 Å². The van der Waals surface area contributed by atoms with Crippen molar-refractivity contribution in [1.82, 2.24) is 14.3 Å². The van der Waals surface area contributed by atoms with Crippen molar-refractivity contribution >= 4 is 0 Å². The van der Waals surface area contributed by atoms with Crippen LogP contribution in [-0.2, 0) is 16.0 Å². The number of benzene rings is 1. The summed E-state index contributed by atoms with van der Waals surface area (Å²) in [7, 11) is 0. The summed E-state index contributed by atoms with van der Waals surface area (Å²) in [5.74, 6) is 1.24. The third kappa shape index (κ3) is 2.41. The average molecular weight is 287 g/mol. The van der Waals surface area contributed by atoms with E-state index in [1.165, 1.54) is 4.68 Å². The number of rotatable bonds is 4. The summed E-state index contributed by atoms with van der Waals surface area (Å²) in [6, 6.07) is 9.66. The van der Waals surface area contributed by atoms with E-state index in [4.69, 9.17) is 9.47 Å². The molecular formula is C15H17N3O3. The van der Waals surface area contributed by atoms with E-state index in [2.05, 4.69) is 5.10 Å². The topological polar surface area (TPSA) is 58.3 Å². The Morgan fingerprint density at radius 3 is 2.52 bits per heavy atom. The first-order valence-corrected chi connectivity index (χ1v) is 7.31. The van der Waals surface area contributed by atoms with E-state index in [1.54, 1.807) is 4.57 Å². The van der Waals surface area contributed by atoms with Gasteiger partial charge < -0.3 is 9.47 Å². The van der Waals surface area contributed by atoms with Gasteiger partial charge in [0.25, 0.3) is 0 Å². The first-order valence-electron chi connectivity index (χ1n) is 7.31. The molecule has 2 aliphatic rings. The van der Waals surface area contributed by atoms with Gasteiger partial charge in [0.05, 0.1) is 25.4 Å². The summed E-state index contributed by atoms with van der Waals surface area (Å²) in [6.07, 6.45) is 1.83. The van der Waals surface area contributed by atoms with Gasteiger partial charge >= 0.3 is 5.69 Å². The molecule has 0 spiro atoms. The van der Waals surface area contributed by atoms with Crippen LogP contribution in [0.25, 0.3) is 5.69 Å². The van der Waals surface area contributed by atoms with Crippen molar-refractivity contribution in [2.75, 3.05) is 13.2 Å². The van der Waals surface area contributed by atoms with Crippen molar-refractivity contribution in [1.29, 1.82) is 0 Å². The summed E-state index contributed by atoms with van der Waals surface area (Å²) in [5.41, 5.74) is 0.742. The van der Waals surface area contributed by atoms with Crippen molar-refractivity contribution in [2.45, 2.75) is 31.6 Å². The number of aromatic nitrogens is 3. The van der Waals surface area contributed by atoms with Gasteiger partial charge in [-0.15, -0.1) is 0 Å². The summed E-state index contributed by atoms with van der Waals surface area (Å²) in [6.45, 7) is 1.50. The Kier molecular flexibility index (Phi) is 3.12. The number of nitrogens with zero attached hydrogens (tertiary/aromatic N) is 3. The van der Waals surface area contributed by atoms with Crippen molar-refractivity contribution in [2.24, 2.45) is 0 Å². The minimum absolute atomic E-state index is 0.123. The largest absolute Gasteiger partial charge is 0.350 e. The summed E-state index contributed by atoms with van der Waals surface area (Å²) in [5, 5.41) is 4.52. The molecule has 0 bridgehead atoms. The molecule has 2 fully saturated rings. The number of hydrogen-bond acceptors (Lipinski definition) is 4. The van der Waals surface area contributed by atoms with E-state index in [9.17, 15) is 4.79 Å². The monoisotopic (exact) mass is 287 g/mol. The van der Waals surface area contributed by atoms with Gasteiger partial charge in [-0.3, -0.25) is 0 Å². The fourth-order valence-electron chi connectivity index (χ4n) is 2.62. The molecule has 1 aromatic carbocycles. The number of para-hydroxylation sites is 1. The highest BCUT2D eigenvalue weighted by Crippen LogP contribution is 2.39. The smallest absolute Gasteiger partial charge is 0.348 e. The Labute approximate surface area is 121 Å². The molecule has 6 nitrogen and oxygen atoms in total. The lowest BCUT2D eigenvalue weighted by Crippen LogP contribution is -2.29. The zero-order valence-electron chi connectivity index (χ0n) is 11.6. The highest BCUT2D eigenvalue weighted by Gasteiger charge is 2.32. The van der Waals surface area contributed by atoms with Crippen molar-refractivity contribution < 1.29 is 9.47 Å². The molecule has 0 amide bonds. The van der Waals surface area contributed by atoms with E-state index in [1.807, 2.05) is 30.3 Å². The van der Waals surface area contributed by atoms with Crippen LogP contribution in [0.5, 0.6) is 0 Å². The minimum atomic E-state index is -0.367. The van der Waals surface area contributed by atoms with Gasteiger partial charge in [-0.05, 0) is 25.0 Å². The Hall–Kier alpha value is -1.92. The third-order valence-corrected chi connectivity index (χ3v) is 3.83. The fourth-order valence-corrected chi connectivity index (χ4v) is 2.62. The van der Waals surface area contributed by atoms with Crippen molar-refractivity contribution in [3.8, 4) is 5.69 Å². The van der Waals surface area contributed by atoms with E-state index in [0.29, 0.717) is 25.7 Å². The second kappa shape index (κ2) is 5.13. The quantitative estimate of drug-likeness (QED) is 0.850. The molecule has 4 rings (SSSR count). The molecule has 1 aromatic heterocycles. The summed E-state index contributed by atoms with van der Waals surface area (Å²) in [4.78, 5) is 12.7. The van der Waals surface area contributed by atoms with Gasteiger partial charge in [-0.25, -0.2) is 14.0 Å². The van der Waals surface area contributed by atoms with Crippen LogP contribution >= 0.6 is 0 Å². The lowest BCUT2D eigenvalue weighted by molar-refractivity contribution is -0.0552. The second-order valence-electron chi connectivity index (χ2n) is 5.44. The molecule has 21 heavy (non-hydrogen) atoms. The first kappa shape index (κ1) is 12.8. The van der Waals surface area contributed by atoms with Crippen molar-refractivity contribution in [3.63, 3.8) is 0 Å². The normalized spacial score (nSPS) is 19.2.